The predicted octanol–water partition coefficient (Wildman–Crippen LogP) is 3.76. The van der Waals surface area contributed by atoms with Crippen LogP contribution in [0, 0.1) is 11.6 Å². The van der Waals surface area contributed by atoms with Gasteiger partial charge in [0.25, 0.3) is 5.91 Å². The number of hydrogen-bond donors (Lipinski definition) is 2. The van der Waals surface area contributed by atoms with Crippen LogP contribution in [-0.4, -0.2) is 10.9 Å². The van der Waals surface area contributed by atoms with E-state index in [2.05, 4.69) is 10.3 Å². The average Bonchev–Trinajstić information content (AvgIpc) is 2.94. The molecule has 0 saturated carbocycles. The zero-order valence-corrected chi connectivity index (χ0v) is 10.4. The number of aromatic amines is 1. The Morgan fingerprint density at radius 2 is 2.05 bits per heavy atom. The van der Waals surface area contributed by atoms with Crippen molar-refractivity contribution in [1.29, 1.82) is 0 Å². The molecule has 0 spiro atoms. The summed E-state index contributed by atoms with van der Waals surface area (Å²) in [6, 6.07) is 6.43. The van der Waals surface area contributed by atoms with E-state index >= 15 is 0 Å². The lowest BCUT2D eigenvalue weighted by atomic mass is 10.3. The van der Waals surface area contributed by atoms with E-state index in [1.165, 1.54) is 11.3 Å². The summed E-state index contributed by atoms with van der Waals surface area (Å²) in [6.45, 7) is 0. The number of benzene rings is 1. The smallest absolute Gasteiger partial charge is 0.272 e. The number of thiophene rings is 1. The van der Waals surface area contributed by atoms with E-state index in [4.69, 9.17) is 0 Å². The van der Waals surface area contributed by atoms with Gasteiger partial charge in [-0.2, -0.15) is 0 Å². The van der Waals surface area contributed by atoms with Gasteiger partial charge in [-0.1, -0.05) is 0 Å². The van der Waals surface area contributed by atoms with Crippen LogP contribution in [0.2, 0.25) is 0 Å². The number of aromatic nitrogens is 1. The first-order chi connectivity index (χ1) is 9.13. The standard InChI is InChI=1S/C13H8F2N2OS/c14-7-1-2-8(15)10(5-7)17-13(18)11-6-12-9(16-11)3-4-19-12/h1-6,16H,(H,17,18). The van der Waals surface area contributed by atoms with Gasteiger partial charge in [-0.3, -0.25) is 4.79 Å². The van der Waals surface area contributed by atoms with E-state index in [0.717, 1.165) is 28.4 Å². The Bertz CT molecular complexity index is 734. The molecule has 0 fully saturated rings. The number of carbonyl (C=O) groups excluding carboxylic acids is 1. The number of fused-ring (bicyclic) bond motifs is 1. The first kappa shape index (κ1) is 11.9. The number of rotatable bonds is 2. The number of hydrogen-bond acceptors (Lipinski definition) is 2. The molecule has 0 atom stereocenters. The molecule has 96 valence electrons. The van der Waals surface area contributed by atoms with Crippen LogP contribution < -0.4 is 5.32 Å². The molecule has 3 nitrogen and oxygen atoms in total. The lowest BCUT2D eigenvalue weighted by molar-refractivity contribution is 0.102. The molecule has 1 amide bonds. The molecule has 0 unspecified atom stereocenters. The molecule has 0 saturated heterocycles. The molecule has 0 radical (unpaired) electrons. The maximum absolute atomic E-state index is 13.4. The molecular formula is C13H8F2N2OS. The van der Waals surface area contributed by atoms with Gasteiger partial charge in [0.15, 0.2) is 0 Å². The molecule has 1 aromatic carbocycles. The highest BCUT2D eigenvalue weighted by Gasteiger charge is 2.13. The second-order valence-electron chi connectivity index (χ2n) is 3.96. The predicted molar refractivity (Wildman–Crippen MR) is 70.5 cm³/mol. The second kappa shape index (κ2) is 4.47. The van der Waals surface area contributed by atoms with Gasteiger partial charge in [0.1, 0.15) is 17.3 Å². The Kier molecular flexibility index (Phi) is 2.79. The first-order valence-electron chi connectivity index (χ1n) is 5.46. The maximum atomic E-state index is 13.4. The van der Waals surface area contributed by atoms with Crippen LogP contribution in [0.25, 0.3) is 10.2 Å². The lowest BCUT2D eigenvalue weighted by Gasteiger charge is -2.05. The van der Waals surface area contributed by atoms with Crippen molar-refractivity contribution in [2.45, 2.75) is 0 Å². The van der Waals surface area contributed by atoms with Gasteiger partial charge >= 0.3 is 0 Å². The third kappa shape index (κ3) is 2.22. The Morgan fingerprint density at radius 1 is 1.21 bits per heavy atom. The van der Waals surface area contributed by atoms with Crippen molar-refractivity contribution in [3.63, 3.8) is 0 Å². The Morgan fingerprint density at radius 3 is 2.84 bits per heavy atom. The van der Waals surface area contributed by atoms with Crippen LogP contribution in [-0.2, 0) is 0 Å². The zero-order chi connectivity index (χ0) is 13.4. The summed E-state index contributed by atoms with van der Waals surface area (Å²) in [5.74, 6) is -1.79. The Labute approximate surface area is 110 Å². The van der Waals surface area contributed by atoms with Crippen LogP contribution in [0.4, 0.5) is 14.5 Å². The fourth-order valence-electron chi connectivity index (χ4n) is 1.75. The summed E-state index contributed by atoms with van der Waals surface area (Å²) in [7, 11) is 0. The summed E-state index contributed by atoms with van der Waals surface area (Å²) < 4.78 is 27.3. The highest BCUT2D eigenvalue weighted by Crippen LogP contribution is 2.22. The molecule has 0 aliphatic rings. The Hall–Kier alpha value is -2.21. The molecular weight excluding hydrogens is 270 g/mol. The van der Waals surface area contributed by atoms with Crippen molar-refractivity contribution in [2.24, 2.45) is 0 Å². The number of carbonyl (C=O) groups is 1. The molecule has 2 N–H and O–H groups in total. The van der Waals surface area contributed by atoms with E-state index in [-0.39, 0.29) is 5.69 Å². The molecule has 6 heteroatoms. The summed E-state index contributed by atoms with van der Waals surface area (Å²) in [5.41, 5.74) is 0.975. The summed E-state index contributed by atoms with van der Waals surface area (Å²) in [6.07, 6.45) is 0. The average molecular weight is 278 g/mol. The van der Waals surface area contributed by atoms with Gasteiger partial charge in [-0.25, -0.2) is 8.78 Å². The van der Waals surface area contributed by atoms with E-state index in [1.54, 1.807) is 6.07 Å². The first-order valence-corrected chi connectivity index (χ1v) is 6.34. The minimum Gasteiger partial charge on any atom is -0.350 e. The SMILES string of the molecule is O=C(Nc1cc(F)ccc1F)c1cc2sccc2[nH]1. The third-order valence-electron chi connectivity index (χ3n) is 2.66. The minimum absolute atomic E-state index is 0.178. The molecule has 0 aliphatic carbocycles. The van der Waals surface area contributed by atoms with Gasteiger partial charge in [0.2, 0.25) is 0 Å². The van der Waals surface area contributed by atoms with Crippen LogP contribution in [0.1, 0.15) is 10.5 Å². The van der Waals surface area contributed by atoms with Gasteiger partial charge < -0.3 is 10.3 Å². The largest absolute Gasteiger partial charge is 0.350 e. The summed E-state index contributed by atoms with van der Waals surface area (Å²) >= 11 is 1.49. The van der Waals surface area contributed by atoms with E-state index < -0.39 is 17.5 Å². The van der Waals surface area contributed by atoms with Crippen molar-refractivity contribution < 1.29 is 13.6 Å². The highest BCUT2D eigenvalue weighted by atomic mass is 32.1. The number of anilines is 1. The van der Waals surface area contributed by atoms with Crippen molar-refractivity contribution in [3.8, 4) is 0 Å². The highest BCUT2D eigenvalue weighted by molar-refractivity contribution is 7.17. The van der Waals surface area contributed by atoms with E-state index in [1.807, 2.05) is 11.4 Å². The molecule has 0 bridgehead atoms. The summed E-state index contributed by atoms with van der Waals surface area (Å²) in [5, 5.41) is 4.24. The number of halogens is 2. The van der Waals surface area contributed by atoms with Crippen LogP contribution >= 0.6 is 11.3 Å². The van der Waals surface area contributed by atoms with Gasteiger partial charge in [-0.15, -0.1) is 11.3 Å². The van der Waals surface area contributed by atoms with Gasteiger partial charge in [-0.05, 0) is 29.6 Å². The Balaban J connectivity index is 1.88. The van der Waals surface area contributed by atoms with Crippen molar-refractivity contribution in [2.75, 3.05) is 5.32 Å². The minimum atomic E-state index is -0.678. The monoisotopic (exact) mass is 278 g/mol. The maximum Gasteiger partial charge on any atom is 0.272 e. The van der Waals surface area contributed by atoms with Crippen molar-refractivity contribution in [3.05, 3.63) is 53.0 Å². The molecule has 2 heterocycles. The fraction of sp³-hybridized carbons (Fsp3) is 0. The normalized spacial score (nSPS) is 10.8. The topological polar surface area (TPSA) is 44.9 Å². The van der Waals surface area contributed by atoms with Gasteiger partial charge in [0.05, 0.1) is 15.9 Å². The number of H-pyrrole nitrogens is 1. The van der Waals surface area contributed by atoms with E-state index in [0.29, 0.717) is 5.69 Å². The van der Waals surface area contributed by atoms with Crippen molar-refractivity contribution >= 4 is 33.1 Å². The second-order valence-corrected chi connectivity index (χ2v) is 4.91. The molecule has 3 aromatic rings. The molecule has 0 aliphatic heterocycles. The molecule has 2 aromatic heterocycles. The zero-order valence-electron chi connectivity index (χ0n) is 9.54. The molecule has 3 rings (SSSR count). The number of amides is 1. The van der Waals surface area contributed by atoms with Crippen molar-refractivity contribution in [1.82, 2.24) is 4.98 Å². The molecule has 19 heavy (non-hydrogen) atoms. The lowest BCUT2D eigenvalue weighted by Crippen LogP contribution is -2.13. The van der Waals surface area contributed by atoms with Gasteiger partial charge in [0, 0.05) is 6.07 Å². The summed E-state index contributed by atoms with van der Waals surface area (Å²) in [4.78, 5) is 14.8. The third-order valence-corrected chi connectivity index (χ3v) is 3.53. The number of nitrogens with one attached hydrogen (secondary N) is 2. The van der Waals surface area contributed by atoms with Crippen LogP contribution in [0.5, 0.6) is 0 Å². The quantitative estimate of drug-likeness (QED) is 0.736. The van der Waals surface area contributed by atoms with Crippen LogP contribution in [0.15, 0.2) is 35.7 Å². The van der Waals surface area contributed by atoms with Crippen LogP contribution in [0.3, 0.4) is 0 Å². The fourth-order valence-corrected chi connectivity index (χ4v) is 2.54. The van der Waals surface area contributed by atoms with E-state index in [9.17, 15) is 13.6 Å².